The molecule has 2 N–H and O–H groups in total. The molecule has 1 aliphatic carbocycles. The predicted octanol–water partition coefficient (Wildman–Crippen LogP) is 3.75. The molecular weight excluding hydrogens is 403 g/mol. The Balaban J connectivity index is 1.51. The molecule has 2 aliphatic rings. The second-order valence-corrected chi connectivity index (χ2v) is 9.33. The van der Waals surface area contributed by atoms with Gasteiger partial charge in [-0.05, 0) is 38.5 Å². The first kappa shape index (κ1) is 22.5. The number of piperidine rings is 1. The van der Waals surface area contributed by atoms with Crippen molar-refractivity contribution in [3.8, 4) is 0 Å². The monoisotopic (exact) mass is 433 g/mol. The minimum Gasteiger partial charge on any atom is -0.374 e. The number of carbonyl (C=O) groups excluding carboxylic acids is 1. The maximum atomic E-state index is 13.5. The summed E-state index contributed by atoms with van der Waals surface area (Å²) in [5.41, 5.74) is -2.86. The fourth-order valence-electron chi connectivity index (χ4n) is 4.35. The number of rotatable bonds is 6. The molecule has 1 amide bonds. The zero-order valence-electron chi connectivity index (χ0n) is 16.8. The molecule has 0 spiro atoms. The lowest BCUT2D eigenvalue weighted by molar-refractivity contribution is -0.267. The molecule has 0 aromatic carbocycles. The van der Waals surface area contributed by atoms with Gasteiger partial charge in [-0.3, -0.25) is 4.79 Å². The third-order valence-corrected chi connectivity index (χ3v) is 7.16. The molecule has 0 radical (unpaired) electrons. The van der Waals surface area contributed by atoms with Gasteiger partial charge in [0, 0.05) is 36.8 Å². The number of nitrogens with one attached hydrogen (secondary N) is 1. The van der Waals surface area contributed by atoms with Crippen LogP contribution in [-0.2, 0) is 10.4 Å². The zero-order chi connectivity index (χ0) is 21.1. The number of likely N-dealkylation sites (tertiary alicyclic amines) is 1. The molecule has 29 heavy (non-hydrogen) atoms. The van der Waals surface area contributed by atoms with Gasteiger partial charge in [-0.1, -0.05) is 19.3 Å². The van der Waals surface area contributed by atoms with Crippen LogP contribution in [0.25, 0.3) is 0 Å². The highest BCUT2D eigenvalue weighted by Gasteiger charge is 2.58. The normalized spacial score (nSPS) is 22.4. The van der Waals surface area contributed by atoms with Crippen LogP contribution in [0, 0.1) is 12.8 Å². The summed E-state index contributed by atoms with van der Waals surface area (Å²) in [7, 11) is 0. The van der Waals surface area contributed by atoms with Crippen molar-refractivity contribution < 1.29 is 23.1 Å². The van der Waals surface area contributed by atoms with Crippen LogP contribution in [0.4, 0.5) is 13.2 Å². The van der Waals surface area contributed by atoms with Gasteiger partial charge in [0.25, 0.3) is 0 Å². The summed E-state index contributed by atoms with van der Waals surface area (Å²) in [4.78, 5) is 18.5. The van der Waals surface area contributed by atoms with Crippen LogP contribution in [0.2, 0.25) is 0 Å². The van der Waals surface area contributed by atoms with Crippen molar-refractivity contribution in [2.75, 3.05) is 19.6 Å². The summed E-state index contributed by atoms with van der Waals surface area (Å²) >= 11 is 0.720. The van der Waals surface area contributed by atoms with E-state index in [4.69, 9.17) is 0 Å². The highest BCUT2D eigenvalue weighted by molar-refractivity contribution is 7.09. The third kappa shape index (κ3) is 5.70. The number of aromatic nitrogens is 1. The van der Waals surface area contributed by atoms with Crippen LogP contribution in [0.5, 0.6) is 0 Å². The Morgan fingerprint density at radius 2 is 1.90 bits per heavy atom. The molecule has 9 heteroatoms. The lowest BCUT2D eigenvalue weighted by Gasteiger charge is -2.36. The van der Waals surface area contributed by atoms with E-state index in [2.05, 4.69) is 15.2 Å². The lowest BCUT2D eigenvalue weighted by atomic mass is 9.88. The second-order valence-electron chi connectivity index (χ2n) is 8.48. The molecule has 1 saturated heterocycles. The fraction of sp³-hybridized carbons (Fsp3) is 0.800. The summed E-state index contributed by atoms with van der Waals surface area (Å²) in [6.45, 7) is 4.32. The van der Waals surface area contributed by atoms with Gasteiger partial charge >= 0.3 is 6.18 Å². The fourth-order valence-corrected chi connectivity index (χ4v) is 5.26. The number of aryl methyl sites for hydroxylation is 1. The van der Waals surface area contributed by atoms with Gasteiger partial charge in [-0.15, -0.1) is 11.3 Å². The van der Waals surface area contributed by atoms with Crippen LogP contribution in [-0.4, -0.2) is 52.8 Å². The van der Waals surface area contributed by atoms with E-state index in [1.807, 2.05) is 0 Å². The van der Waals surface area contributed by atoms with Crippen molar-refractivity contribution in [1.82, 2.24) is 15.2 Å². The van der Waals surface area contributed by atoms with E-state index in [1.165, 1.54) is 37.5 Å². The van der Waals surface area contributed by atoms with Crippen molar-refractivity contribution >= 4 is 17.2 Å². The van der Waals surface area contributed by atoms with Crippen molar-refractivity contribution in [1.29, 1.82) is 0 Å². The van der Waals surface area contributed by atoms with Crippen LogP contribution in [0.1, 0.15) is 62.1 Å². The smallest absolute Gasteiger partial charge is 0.374 e. The maximum Gasteiger partial charge on any atom is 0.424 e. The largest absolute Gasteiger partial charge is 0.424 e. The number of alkyl halides is 3. The van der Waals surface area contributed by atoms with E-state index in [0.29, 0.717) is 5.69 Å². The van der Waals surface area contributed by atoms with E-state index >= 15 is 0 Å². The molecule has 1 unspecified atom stereocenters. The number of aliphatic hydroxyl groups is 1. The molecule has 1 saturated carbocycles. The van der Waals surface area contributed by atoms with Gasteiger partial charge in [-0.25, -0.2) is 4.98 Å². The minimum atomic E-state index is -4.97. The van der Waals surface area contributed by atoms with Crippen molar-refractivity contribution in [3.63, 3.8) is 0 Å². The van der Waals surface area contributed by atoms with Gasteiger partial charge in [0.1, 0.15) is 5.01 Å². The summed E-state index contributed by atoms with van der Waals surface area (Å²) in [5, 5.41) is 14.0. The Bertz CT molecular complexity index is 683. The molecule has 1 aliphatic heterocycles. The number of hydrogen-bond donors (Lipinski definition) is 2. The molecule has 1 aromatic rings. The van der Waals surface area contributed by atoms with Crippen molar-refractivity contribution in [3.05, 3.63) is 16.1 Å². The summed E-state index contributed by atoms with van der Waals surface area (Å²) in [6.07, 6.45) is 1.90. The van der Waals surface area contributed by atoms with Crippen LogP contribution in [0.15, 0.2) is 5.38 Å². The van der Waals surface area contributed by atoms with E-state index in [9.17, 15) is 23.1 Å². The third-order valence-electron chi connectivity index (χ3n) is 6.05. The number of hydrogen-bond acceptors (Lipinski definition) is 5. The van der Waals surface area contributed by atoms with E-state index in [0.717, 1.165) is 49.7 Å². The molecule has 3 rings (SSSR count). The quantitative estimate of drug-likeness (QED) is 0.717. The Morgan fingerprint density at radius 1 is 1.24 bits per heavy atom. The SMILES string of the molecule is Cc1csc(C(O)(CC(=O)NC2CCN(CC3CCCCC3)CC2)C(F)(F)F)n1. The Morgan fingerprint density at radius 3 is 2.45 bits per heavy atom. The zero-order valence-corrected chi connectivity index (χ0v) is 17.6. The number of amides is 1. The van der Waals surface area contributed by atoms with Gasteiger partial charge < -0.3 is 15.3 Å². The van der Waals surface area contributed by atoms with E-state index in [1.54, 1.807) is 6.92 Å². The van der Waals surface area contributed by atoms with Gasteiger partial charge in [0.05, 0.1) is 6.42 Å². The summed E-state index contributed by atoms with van der Waals surface area (Å²) < 4.78 is 40.6. The molecule has 1 atom stereocenters. The van der Waals surface area contributed by atoms with Crippen molar-refractivity contribution in [2.45, 2.75) is 76.1 Å². The number of nitrogens with zero attached hydrogens (tertiary/aromatic N) is 2. The summed E-state index contributed by atoms with van der Waals surface area (Å²) in [6, 6.07) is -0.152. The van der Waals surface area contributed by atoms with Crippen LogP contribution >= 0.6 is 11.3 Å². The molecule has 5 nitrogen and oxygen atoms in total. The van der Waals surface area contributed by atoms with Crippen molar-refractivity contribution in [2.24, 2.45) is 5.92 Å². The molecule has 2 fully saturated rings. The average molecular weight is 434 g/mol. The first-order chi connectivity index (χ1) is 13.7. The molecule has 164 valence electrons. The van der Waals surface area contributed by atoms with E-state index < -0.39 is 29.1 Å². The van der Waals surface area contributed by atoms with Gasteiger partial charge in [0.15, 0.2) is 0 Å². The predicted molar refractivity (Wildman–Crippen MR) is 106 cm³/mol. The topological polar surface area (TPSA) is 65.5 Å². The number of halogens is 3. The number of thiazole rings is 1. The van der Waals surface area contributed by atoms with Gasteiger partial charge in [-0.2, -0.15) is 13.2 Å². The lowest BCUT2D eigenvalue weighted by Crippen LogP contribution is -2.50. The molecule has 2 heterocycles. The van der Waals surface area contributed by atoms with Crippen LogP contribution < -0.4 is 5.32 Å². The first-order valence-electron chi connectivity index (χ1n) is 10.4. The molecular formula is C20H30F3N3O2S. The Kier molecular flexibility index (Phi) is 7.22. The standard InChI is InChI=1S/C20H30F3N3O2S/c1-14-13-29-18(24-14)19(28,20(21,22)23)11-17(27)25-16-7-9-26(10-8-16)12-15-5-3-2-4-6-15/h13,15-16,28H,2-12H2,1H3,(H,25,27). The average Bonchev–Trinajstić information content (AvgIpc) is 3.10. The second kappa shape index (κ2) is 9.31. The Hall–Kier alpha value is -1.19. The molecule has 1 aromatic heterocycles. The highest BCUT2D eigenvalue weighted by Crippen LogP contribution is 2.42. The van der Waals surface area contributed by atoms with Crippen LogP contribution in [0.3, 0.4) is 0 Å². The van der Waals surface area contributed by atoms with Gasteiger partial charge in [0.2, 0.25) is 11.5 Å². The Labute approximate surface area is 173 Å². The minimum absolute atomic E-state index is 0.152. The van der Waals surface area contributed by atoms with E-state index in [-0.39, 0.29) is 6.04 Å². The molecule has 0 bridgehead atoms. The highest BCUT2D eigenvalue weighted by atomic mass is 32.1. The summed E-state index contributed by atoms with van der Waals surface area (Å²) in [5.74, 6) is -0.0400. The number of carbonyl (C=O) groups is 1. The maximum absolute atomic E-state index is 13.5. The first-order valence-corrected chi connectivity index (χ1v) is 11.3.